The Bertz CT molecular complexity index is 4680. The van der Waals surface area contributed by atoms with Crippen LogP contribution < -0.4 is 28.4 Å². The zero-order valence-corrected chi connectivity index (χ0v) is 75.2. The average molecular weight is 1790 g/mol. The molecular weight excluding hydrogens is 1670 g/mol. The molecule has 0 atom stereocenters. The van der Waals surface area contributed by atoms with Crippen LogP contribution in [0, 0.1) is 72.5 Å². The lowest BCUT2D eigenvalue weighted by Crippen LogP contribution is -2.31. The van der Waals surface area contributed by atoms with Crippen LogP contribution in [0.2, 0.25) is 0 Å². The van der Waals surface area contributed by atoms with Gasteiger partial charge < -0.3 is 71.1 Å². The predicted molar refractivity (Wildman–Crippen MR) is 466 cm³/mol. The minimum Gasteiger partial charge on any atom is -0.465 e. The zero-order valence-electron chi connectivity index (χ0n) is 75.2. The Labute approximate surface area is 752 Å². The zero-order chi connectivity index (χ0) is 94.2. The van der Waals surface area contributed by atoms with Crippen molar-refractivity contribution in [3.05, 3.63) is 181 Å². The first-order chi connectivity index (χ1) is 61.4. The van der Waals surface area contributed by atoms with E-state index in [1.165, 1.54) is 0 Å². The Hall–Kier alpha value is -12.6. The van der Waals surface area contributed by atoms with E-state index in [1.54, 1.807) is 165 Å². The van der Waals surface area contributed by atoms with Gasteiger partial charge in [0.1, 0.15) is 34.5 Å². The second-order valence-electron chi connectivity index (χ2n) is 34.5. The van der Waals surface area contributed by atoms with Gasteiger partial charge in [0.25, 0.3) is 0 Å². The molecule has 30 heteroatoms. The molecule has 3 aliphatic carbocycles. The van der Waals surface area contributed by atoms with Crippen molar-refractivity contribution in [3.63, 3.8) is 0 Å². The van der Waals surface area contributed by atoms with Crippen molar-refractivity contribution >= 4 is 89.5 Å². The van der Waals surface area contributed by atoms with Crippen LogP contribution in [0.4, 0.5) is 0 Å². The van der Waals surface area contributed by atoms with E-state index >= 15 is 0 Å². The fourth-order valence-corrected chi connectivity index (χ4v) is 13.6. The number of para-hydroxylation sites is 1. The molecule has 0 radical (unpaired) electrons. The van der Waals surface area contributed by atoms with Gasteiger partial charge in [0.05, 0.1) is 133 Å². The summed E-state index contributed by atoms with van der Waals surface area (Å²) in [6.45, 7) is 26.4. The number of benzene rings is 5. The number of hydrogen-bond donors (Lipinski definition) is 0. The smallest absolute Gasteiger partial charge is 0.330 e. The van der Waals surface area contributed by atoms with Crippen molar-refractivity contribution < 1.29 is 143 Å². The summed E-state index contributed by atoms with van der Waals surface area (Å²) >= 11 is 0. The van der Waals surface area contributed by atoms with Crippen LogP contribution in [0.5, 0.6) is 34.5 Å². The van der Waals surface area contributed by atoms with Gasteiger partial charge in [-0.3, -0.25) is 57.5 Å². The maximum atomic E-state index is 13.5. The van der Waals surface area contributed by atoms with E-state index in [0.29, 0.717) is 147 Å². The molecule has 0 aromatic heterocycles. The van der Waals surface area contributed by atoms with Gasteiger partial charge in [0.15, 0.2) is 0 Å². The topological polar surface area (TPSA) is 394 Å². The van der Waals surface area contributed by atoms with Gasteiger partial charge in [-0.1, -0.05) is 116 Å². The molecule has 0 N–H and O–H groups in total. The molecule has 3 saturated carbocycles. The summed E-state index contributed by atoms with van der Waals surface area (Å²) in [5, 5.41) is 0. The van der Waals surface area contributed by atoms with E-state index in [0.717, 1.165) is 34.9 Å². The first kappa shape index (κ1) is 103. The SMILES string of the molecule is C=CC(=O)OCC(C)(C)COC(=O)CCC(=O)OCCc1ccc(OC(=O)C2CCC(C(=O)Oc3cc(C)c(OC(=O)C4CCC(C(=O)Oc5ccc(CCOC(=O)CCC(=O)OCC(C)(C)COC(=O)C=C)cc5)CC4)c(C)c3C)CC2)cc1.C=CC(=O)OCC(C)(C)COC(=O)CCC(=O)OCCc1ccc(OC(=O)C2CCC(C(=O)Oc3ccccc3)CC2)cc1. The Morgan fingerprint density at radius 3 is 0.791 bits per heavy atom. The van der Waals surface area contributed by atoms with Crippen LogP contribution in [-0.4, -0.2) is 149 Å². The summed E-state index contributed by atoms with van der Waals surface area (Å²) in [6, 6.07) is 31.3. The van der Waals surface area contributed by atoms with Crippen molar-refractivity contribution in [2.75, 3.05) is 59.5 Å². The highest BCUT2D eigenvalue weighted by Crippen LogP contribution is 2.39. The van der Waals surface area contributed by atoms with Crippen LogP contribution in [0.15, 0.2) is 147 Å². The van der Waals surface area contributed by atoms with Gasteiger partial charge in [0.2, 0.25) is 0 Å². The minimum absolute atomic E-state index is 0.0000948. The van der Waals surface area contributed by atoms with E-state index in [-0.39, 0.29) is 122 Å². The maximum absolute atomic E-state index is 13.5. The molecule has 3 fully saturated rings. The third-order valence-corrected chi connectivity index (χ3v) is 21.7. The number of rotatable bonds is 45. The standard InChI is InChI=1S/C65H80O20.C34H40O10/c1-10-53(66)78-37-64(6,7)39-80-57(70)30-28-55(68)76-34-32-44-12-24-50(25-13-44)82-60(72)46-16-20-48(21-17-46)62(74)84-52-36-41(3)59(43(5)42(52)4)85-63(75)49-22-18-47(19-23-49)61(73)83-51-26-14-45(15-27-51)33-35-77-56(69)29-31-58(71)81-40-65(8,9)38-79-54(67)11-2;1-4-29(35)41-22-34(2,3)23-42-31(37)19-18-30(36)40-21-20-24-10-16-28(17-11-24)44-33(39)26-14-12-25(13-15-26)32(38)43-27-8-6-5-7-9-27/h10-15,24-27,36,46-49H,1-2,16-23,28-35,37-40H2,3-9H3;4-11,16-17,25-26H,1,12-15,18-23H2,2-3H3. The molecule has 696 valence electrons. The third kappa shape index (κ3) is 37.7. The van der Waals surface area contributed by atoms with Gasteiger partial charge >= 0.3 is 89.5 Å². The van der Waals surface area contributed by atoms with E-state index < -0.39 is 118 Å². The summed E-state index contributed by atoms with van der Waals surface area (Å²) in [5.74, 6) is -7.01. The van der Waals surface area contributed by atoms with Gasteiger partial charge in [0, 0.05) is 53.7 Å². The molecule has 3 aliphatic rings. The molecule has 0 bridgehead atoms. The van der Waals surface area contributed by atoms with Gasteiger partial charge in [-0.15, -0.1) is 0 Å². The Morgan fingerprint density at radius 1 is 0.295 bits per heavy atom. The van der Waals surface area contributed by atoms with Crippen LogP contribution in [-0.2, 0) is 134 Å². The number of aryl methyl sites for hydroxylation is 1. The van der Waals surface area contributed by atoms with Crippen molar-refractivity contribution in [1.29, 1.82) is 0 Å². The second-order valence-corrected chi connectivity index (χ2v) is 34.5. The molecular formula is C99H120O30. The van der Waals surface area contributed by atoms with E-state index in [4.69, 9.17) is 71.1 Å². The Morgan fingerprint density at radius 2 is 0.527 bits per heavy atom. The fraction of sp³-hybridized carbons (Fsp3) is 0.485. The third-order valence-electron chi connectivity index (χ3n) is 21.7. The van der Waals surface area contributed by atoms with Gasteiger partial charge in [-0.25, -0.2) is 14.4 Å². The minimum atomic E-state index is -0.618. The van der Waals surface area contributed by atoms with Crippen molar-refractivity contribution in [3.8, 4) is 34.5 Å². The molecule has 129 heavy (non-hydrogen) atoms. The average Bonchev–Trinajstić information content (AvgIpc) is 0.798. The molecule has 0 saturated heterocycles. The summed E-state index contributed by atoms with van der Waals surface area (Å²) in [7, 11) is 0. The number of carbonyl (C=O) groups is 15. The summed E-state index contributed by atoms with van der Waals surface area (Å²) < 4.78 is 80.7. The number of ether oxygens (including phenoxy) is 15. The molecule has 5 aromatic carbocycles. The quantitative estimate of drug-likeness (QED) is 0.0151. The monoisotopic (exact) mass is 1790 g/mol. The van der Waals surface area contributed by atoms with Crippen molar-refractivity contribution in [1.82, 2.24) is 0 Å². The first-order valence-corrected chi connectivity index (χ1v) is 43.4. The van der Waals surface area contributed by atoms with Crippen LogP contribution in [0.1, 0.15) is 190 Å². The lowest BCUT2D eigenvalue weighted by atomic mass is 9.82. The molecule has 5 aromatic rings. The van der Waals surface area contributed by atoms with E-state index in [2.05, 4.69) is 19.7 Å². The molecule has 0 spiro atoms. The molecule has 0 amide bonds. The molecule has 30 nitrogen and oxygen atoms in total. The fourth-order valence-electron chi connectivity index (χ4n) is 13.6. The Kier molecular flexibility index (Phi) is 41.7. The largest absolute Gasteiger partial charge is 0.465 e. The highest BCUT2D eigenvalue weighted by atomic mass is 16.6. The van der Waals surface area contributed by atoms with Crippen LogP contribution >= 0.6 is 0 Å². The number of hydrogen-bond acceptors (Lipinski definition) is 30. The Balaban J connectivity index is 0.000000433. The summed E-state index contributed by atoms with van der Waals surface area (Å²) in [6.07, 6.45) is 9.24. The number of esters is 15. The van der Waals surface area contributed by atoms with Crippen molar-refractivity contribution in [2.24, 2.45) is 51.8 Å². The van der Waals surface area contributed by atoms with Gasteiger partial charge in [-0.05, 0) is 186 Å². The molecule has 0 heterocycles. The van der Waals surface area contributed by atoms with E-state index in [9.17, 15) is 71.9 Å². The van der Waals surface area contributed by atoms with Crippen LogP contribution in [0.3, 0.4) is 0 Å². The predicted octanol–water partition coefficient (Wildman–Crippen LogP) is 14.7. The molecule has 0 aliphatic heterocycles. The maximum Gasteiger partial charge on any atom is 0.330 e. The lowest BCUT2D eigenvalue weighted by Gasteiger charge is -2.27. The highest BCUT2D eigenvalue weighted by molar-refractivity contribution is 5.84. The van der Waals surface area contributed by atoms with Crippen molar-refractivity contribution in [2.45, 2.75) is 197 Å². The van der Waals surface area contributed by atoms with Crippen LogP contribution in [0.25, 0.3) is 0 Å². The van der Waals surface area contributed by atoms with E-state index in [1.807, 2.05) is 6.07 Å². The highest BCUT2D eigenvalue weighted by Gasteiger charge is 2.37. The van der Waals surface area contributed by atoms with Gasteiger partial charge in [-0.2, -0.15) is 0 Å². The normalized spacial score (nSPS) is 16.5. The lowest BCUT2D eigenvalue weighted by molar-refractivity contribution is -0.154. The summed E-state index contributed by atoms with van der Waals surface area (Å²) in [5.41, 5.74) is 2.65. The number of carbonyl (C=O) groups excluding carboxylic acids is 15. The second kappa shape index (κ2) is 52.0. The summed E-state index contributed by atoms with van der Waals surface area (Å²) in [4.78, 5) is 185. The molecule has 0 unspecified atom stereocenters. The molecule has 8 rings (SSSR count). The first-order valence-electron chi connectivity index (χ1n) is 43.4.